The van der Waals surface area contributed by atoms with Gasteiger partial charge in [0, 0.05) is 12.6 Å². The first-order valence-corrected chi connectivity index (χ1v) is 4.94. The summed E-state index contributed by atoms with van der Waals surface area (Å²) in [5.41, 5.74) is 10.6. The highest BCUT2D eigenvalue weighted by Gasteiger charge is 2.07. The summed E-state index contributed by atoms with van der Waals surface area (Å²) in [7, 11) is 1.85. The van der Waals surface area contributed by atoms with Crippen molar-refractivity contribution in [3.63, 3.8) is 0 Å². The summed E-state index contributed by atoms with van der Waals surface area (Å²) in [4.78, 5) is 0. The van der Waals surface area contributed by atoms with Gasteiger partial charge in [-0.25, -0.2) is 0 Å². The van der Waals surface area contributed by atoms with Gasteiger partial charge in [0.15, 0.2) is 0 Å². The molecule has 0 radical (unpaired) electrons. The number of benzene rings is 1. The quantitative estimate of drug-likeness (QED) is 0.769. The Morgan fingerprint density at radius 3 is 2.47 bits per heavy atom. The van der Waals surface area contributed by atoms with Crippen LogP contribution in [0.2, 0.25) is 0 Å². The number of hydrogen-bond acceptors (Lipinski definition) is 2. The van der Waals surface area contributed by atoms with Crippen molar-refractivity contribution in [1.82, 2.24) is 9.78 Å². The zero-order valence-electron chi connectivity index (χ0n) is 9.28. The second-order valence-electron chi connectivity index (χ2n) is 3.87. The standard InChI is InChI=1S/C12H15N3/c1-8-4-5-10(6-9(8)2)11-7-14-15(3)12(11)13/h4-7H,13H2,1-3H3. The fraction of sp³-hybridized carbons (Fsp3) is 0.250. The summed E-state index contributed by atoms with van der Waals surface area (Å²) < 4.78 is 1.69. The van der Waals surface area contributed by atoms with Crippen LogP contribution in [0.3, 0.4) is 0 Å². The lowest BCUT2D eigenvalue weighted by molar-refractivity contribution is 0.779. The average molecular weight is 201 g/mol. The van der Waals surface area contributed by atoms with Crippen molar-refractivity contribution in [3.05, 3.63) is 35.5 Å². The molecule has 0 unspecified atom stereocenters. The number of aryl methyl sites for hydroxylation is 3. The van der Waals surface area contributed by atoms with Crippen LogP contribution in [0.25, 0.3) is 11.1 Å². The molecular weight excluding hydrogens is 186 g/mol. The van der Waals surface area contributed by atoms with E-state index in [9.17, 15) is 0 Å². The third kappa shape index (κ3) is 1.61. The maximum atomic E-state index is 5.92. The zero-order chi connectivity index (χ0) is 11.0. The number of aromatic nitrogens is 2. The van der Waals surface area contributed by atoms with Crippen molar-refractivity contribution in [3.8, 4) is 11.1 Å². The van der Waals surface area contributed by atoms with Crippen LogP contribution in [0.15, 0.2) is 24.4 Å². The highest BCUT2D eigenvalue weighted by Crippen LogP contribution is 2.26. The van der Waals surface area contributed by atoms with Gasteiger partial charge >= 0.3 is 0 Å². The Morgan fingerprint density at radius 2 is 1.93 bits per heavy atom. The van der Waals surface area contributed by atoms with Gasteiger partial charge in [0.25, 0.3) is 0 Å². The molecule has 0 amide bonds. The molecule has 0 aliphatic carbocycles. The second kappa shape index (κ2) is 3.42. The average Bonchev–Trinajstić information content (AvgIpc) is 2.53. The summed E-state index contributed by atoms with van der Waals surface area (Å²) in [5, 5.41) is 4.14. The topological polar surface area (TPSA) is 43.8 Å². The lowest BCUT2D eigenvalue weighted by Crippen LogP contribution is -1.98. The molecule has 2 N–H and O–H groups in total. The van der Waals surface area contributed by atoms with Gasteiger partial charge in [0.05, 0.1) is 6.20 Å². The van der Waals surface area contributed by atoms with E-state index in [1.165, 1.54) is 11.1 Å². The van der Waals surface area contributed by atoms with Gasteiger partial charge in [-0.15, -0.1) is 0 Å². The Hall–Kier alpha value is -1.77. The summed E-state index contributed by atoms with van der Waals surface area (Å²) in [6.07, 6.45) is 1.80. The molecule has 0 aliphatic heterocycles. The van der Waals surface area contributed by atoms with Crippen LogP contribution in [-0.4, -0.2) is 9.78 Å². The smallest absolute Gasteiger partial charge is 0.129 e. The Balaban J connectivity index is 2.55. The lowest BCUT2D eigenvalue weighted by Gasteiger charge is -2.04. The Labute approximate surface area is 89.5 Å². The molecule has 0 bridgehead atoms. The Morgan fingerprint density at radius 1 is 1.20 bits per heavy atom. The van der Waals surface area contributed by atoms with Gasteiger partial charge < -0.3 is 5.73 Å². The third-order valence-corrected chi connectivity index (χ3v) is 2.80. The first kappa shape index (κ1) is 9.77. The molecule has 1 heterocycles. The van der Waals surface area contributed by atoms with E-state index >= 15 is 0 Å². The Bertz CT molecular complexity index is 498. The molecule has 0 aliphatic rings. The molecule has 2 rings (SSSR count). The summed E-state index contributed by atoms with van der Waals surface area (Å²) in [6.45, 7) is 4.21. The maximum Gasteiger partial charge on any atom is 0.129 e. The van der Waals surface area contributed by atoms with Gasteiger partial charge in [-0.2, -0.15) is 5.10 Å². The molecule has 0 atom stereocenters. The normalized spacial score (nSPS) is 10.6. The van der Waals surface area contributed by atoms with Crippen LogP contribution in [0.1, 0.15) is 11.1 Å². The highest BCUT2D eigenvalue weighted by molar-refractivity contribution is 5.74. The largest absolute Gasteiger partial charge is 0.383 e. The third-order valence-electron chi connectivity index (χ3n) is 2.80. The Kier molecular flexibility index (Phi) is 2.23. The lowest BCUT2D eigenvalue weighted by atomic mass is 10.0. The van der Waals surface area contributed by atoms with Gasteiger partial charge in [-0.1, -0.05) is 18.2 Å². The molecule has 0 saturated carbocycles. The van der Waals surface area contributed by atoms with Crippen molar-refractivity contribution in [2.75, 3.05) is 5.73 Å². The van der Waals surface area contributed by atoms with Crippen LogP contribution in [0.5, 0.6) is 0 Å². The molecule has 15 heavy (non-hydrogen) atoms. The summed E-state index contributed by atoms with van der Waals surface area (Å²) in [5.74, 6) is 0.707. The predicted octanol–water partition coefficient (Wildman–Crippen LogP) is 2.29. The van der Waals surface area contributed by atoms with E-state index in [0.29, 0.717) is 5.82 Å². The molecule has 1 aromatic carbocycles. The van der Waals surface area contributed by atoms with Gasteiger partial charge in [-0.05, 0) is 30.5 Å². The van der Waals surface area contributed by atoms with E-state index in [-0.39, 0.29) is 0 Å². The number of nitrogens with zero attached hydrogens (tertiary/aromatic N) is 2. The minimum Gasteiger partial charge on any atom is -0.383 e. The first-order valence-electron chi connectivity index (χ1n) is 4.94. The molecule has 78 valence electrons. The molecule has 1 aromatic heterocycles. The van der Waals surface area contributed by atoms with E-state index in [0.717, 1.165) is 11.1 Å². The van der Waals surface area contributed by atoms with E-state index in [1.807, 2.05) is 7.05 Å². The predicted molar refractivity (Wildman–Crippen MR) is 62.5 cm³/mol. The number of hydrogen-bond donors (Lipinski definition) is 1. The monoisotopic (exact) mass is 201 g/mol. The number of nitrogens with two attached hydrogens (primary N) is 1. The molecule has 2 aromatic rings. The molecule has 3 heteroatoms. The number of rotatable bonds is 1. The maximum absolute atomic E-state index is 5.92. The van der Waals surface area contributed by atoms with Crippen molar-refractivity contribution >= 4 is 5.82 Å². The molecule has 0 spiro atoms. The minimum absolute atomic E-state index is 0.707. The van der Waals surface area contributed by atoms with Gasteiger partial charge in [0.1, 0.15) is 5.82 Å². The van der Waals surface area contributed by atoms with Crippen molar-refractivity contribution in [2.45, 2.75) is 13.8 Å². The van der Waals surface area contributed by atoms with Gasteiger partial charge in [-0.3, -0.25) is 4.68 Å². The van der Waals surface area contributed by atoms with Crippen LogP contribution in [0.4, 0.5) is 5.82 Å². The SMILES string of the molecule is Cc1ccc(-c2cnn(C)c2N)cc1C. The highest BCUT2D eigenvalue weighted by atomic mass is 15.3. The summed E-state index contributed by atoms with van der Waals surface area (Å²) in [6, 6.07) is 6.33. The van der Waals surface area contributed by atoms with Crippen LogP contribution in [0, 0.1) is 13.8 Å². The minimum atomic E-state index is 0.707. The fourth-order valence-electron chi connectivity index (χ4n) is 1.58. The van der Waals surface area contributed by atoms with Crippen molar-refractivity contribution < 1.29 is 0 Å². The first-order chi connectivity index (χ1) is 7.09. The molecule has 0 fully saturated rings. The van der Waals surface area contributed by atoms with E-state index < -0.39 is 0 Å². The van der Waals surface area contributed by atoms with Crippen LogP contribution >= 0.6 is 0 Å². The van der Waals surface area contributed by atoms with E-state index in [4.69, 9.17) is 5.73 Å². The molecule has 0 saturated heterocycles. The van der Waals surface area contributed by atoms with E-state index in [2.05, 4.69) is 37.1 Å². The van der Waals surface area contributed by atoms with E-state index in [1.54, 1.807) is 10.9 Å². The second-order valence-corrected chi connectivity index (χ2v) is 3.87. The summed E-state index contributed by atoms with van der Waals surface area (Å²) >= 11 is 0. The molecule has 3 nitrogen and oxygen atoms in total. The number of nitrogen functional groups attached to an aromatic ring is 1. The van der Waals surface area contributed by atoms with Crippen molar-refractivity contribution in [2.24, 2.45) is 7.05 Å². The number of anilines is 1. The molecular formula is C12H15N3. The van der Waals surface area contributed by atoms with Gasteiger partial charge in [0.2, 0.25) is 0 Å². The van der Waals surface area contributed by atoms with Crippen LogP contribution < -0.4 is 5.73 Å². The van der Waals surface area contributed by atoms with Crippen LogP contribution in [-0.2, 0) is 7.05 Å². The van der Waals surface area contributed by atoms with Crippen molar-refractivity contribution in [1.29, 1.82) is 0 Å². The fourth-order valence-corrected chi connectivity index (χ4v) is 1.58. The zero-order valence-corrected chi connectivity index (χ0v) is 9.28.